The molecule has 5 nitrogen and oxygen atoms in total. The number of hydrogen-bond donors (Lipinski definition) is 1. The van der Waals surface area contributed by atoms with E-state index in [2.05, 4.69) is 5.32 Å². The first-order chi connectivity index (χ1) is 12.1. The van der Waals surface area contributed by atoms with Crippen LogP contribution >= 0.6 is 34.8 Å². The van der Waals surface area contributed by atoms with Crippen LogP contribution in [-0.4, -0.2) is 26.6 Å². The van der Waals surface area contributed by atoms with Gasteiger partial charge in [0, 0.05) is 11.6 Å². The van der Waals surface area contributed by atoms with Gasteiger partial charge in [-0.25, -0.2) is 8.42 Å². The Kier molecular flexibility index (Phi) is 6.80. The van der Waals surface area contributed by atoms with Crippen molar-refractivity contribution in [3.05, 3.63) is 63.1 Å². The third-order valence-electron chi connectivity index (χ3n) is 3.63. The van der Waals surface area contributed by atoms with Crippen molar-refractivity contribution in [1.82, 2.24) is 5.32 Å². The van der Waals surface area contributed by atoms with E-state index in [0.717, 1.165) is 16.1 Å². The monoisotopic (exact) mass is 434 g/mol. The Morgan fingerprint density at radius 3 is 2.23 bits per heavy atom. The number of sulfonamides is 1. The lowest BCUT2D eigenvalue weighted by Gasteiger charge is -2.28. The van der Waals surface area contributed by atoms with Gasteiger partial charge in [0.2, 0.25) is 15.9 Å². The Bertz CT molecular complexity index is 902. The summed E-state index contributed by atoms with van der Waals surface area (Å²) in [5, 5.41) is 3.81. The van der Waals surface area contributed by atoms with Crippen molar-refractivity contribution in [2.75, 3.05) is 10.6 Å². The van der Waals surface area contributed by atoms with Gasteiger partial charge in [0.25, 0.3) is 0 Å². The van der Waals surface area contributed by atoms with Gasteiger partial charge in [0.05, 0.1) is 22.0 Å². The maximum Gasteiger partial charge on any atom is 0.243 e. The fourth-order valence-corrected chi connectivity index (χ4v) is 3.96. The number of carbonyl (C=O) groups is 1. The highest BCUT2D eigenvalue weighted by Gasteiger charge is 2.29. The molecule has 0 saturated heterocycles. The molecular formula is C17H17Cl3N2O3S. The van der Waals surface area contributed by atoms with E-state index in [9.17, 15) is 13.2 Å². The lowest BCUT2D eigenvalue weighted by molar-refractivity contribution is -0.122. The van der Waals surface area contributed by atoms with Gasteiger partial charge in [0.1, 0.15) is 6.04 Å². The maximum absolute atomic E-state index is 12.5. The summed E-state index contributed by atoms with van der Waals surface area (Å²) in [6.07, 6.45) is 1.03. The van der Waals surface area contributed by atoms with Crippen molar-refractivity contribution in [3.8, 4) is 0 Å². The zero-order valence-corrected chi connectivity index (χ0v) is 17.1. The summed E-state index contributed by atoms with van der Waals surface area (Å²) >= 11 is 17.7. The lowest BCUT2D eigenvalue weighted by Crippen LogP contribution is -2.47. The number of halogens is 3. The second kappa shape index (κ2) is 8.48. The van der Waals surface area contributed by atoms with Crippen molar-refractivity contribution in [3.63, 3.8) is 0 Å². The van der Waals surface area contributed by atoms with Gasteiger partial charge >= 0.3 is 0 Å². The molecule has 1 atom stereocenters. The average Bonchev–Trinajstić information content (AvgIpc) is 2.56. The first-order valence-electron chi connectivity index (χ1n) is 7.56. The van der Waals surface area contributed by atoms with Crippen LogP contribution in [0.4, 0.5) is 5.69 Å². The molecule has 0 radical (unpaired) electrons. The minimum absolute atomic E-state index is 0.201. The van der Waals surface area contributed by atoms with Gasteiger partial charge in [-0.1, -0.05) is 46.9 Å². The van der Waals surface area contributed by atoms with E-state index in [-0.39, 0.29) is 17.3 Å². The van der Waals surface area contributed by atoms with Crippen LogP contribution in [0.15, 0.2) is 42.5 Å². The first kappa shape index (κ1) is 20.8. The maximum atomic E-state index is 12.5. The highest BCUT2D eigenvalue weighted by Crippen LogP contribution is 2.29. The highest BCUT2D eigenvalue weighted by molar-refractivity contribution is 7.92. The van der Waals surface area contributed by atoms with E-state index in [1.807, 2.05) is 0 Å². The summed E-state index contributed by atoms with van der Waals surface area (Å²) in [4.78, 5) is 12.5. The minimum atomic E-state index is -3.73. The van der Waals surface area contributed by atoms with Crippen LogP contribution in [0, 0.1) is 0 Å². The molecule has 0 spiro atoms. The second-order valence-corrected chi connectivity index (χ2v) is 8.79. The van der Waals surface area contributed by atoms with E-state index < -0.39 is 22.0 Å². The van der Waals surface area contributed by atoms with E-state index in [4.69, 9.17) is 34.8 Å². The van der Waals surface area contributed by atoms with E-state index in [1.165, 1.54) is 25.1 Å². The molecule has 0 aliphatic rings. The van der Waals surface area contributed by atoms with Crippen molar-refractivity contribution >= 4 is 56.4 Å². The largest absolute Gasteiger partial charge is 0.350 e. The topological polar surface area (TPSA) is 66.5 Å². The van der Waals surface area contributed by atoms with Crippen LogP contribution in [0.1, 0.15) is 12.5 Å². The van der Waals surface area contributed by atoms with Gasteiger partial charge in [-0.15, -0.1) is 0 Å². The summed E-state index contributed by atoms with van der Waals surface area (Å²) in [5.74, 6) is -0.448. The third-order valence-corrected chi connectivity index (χ3v) is 5.86. The predicted molar refractivity (Wildman–Crippen MR) is 107 cm³/mol. The number of anilines is 1. The molecule has 140 valence electrons. The fourth-order valence-electron chi connectivity index (χ4n) is 2.37. The molecule has 0 aromatic heterocycles. The molecule has 0 bridgehead atoms. The minimum Gasteiger partial charge on any atom is -0.350 e. The van der Waals surface area contributed by atoms with E-state index in [1.54, 1.807) is 24.3 Å². The number of carbonyl (C=O) groups excluding carboxylic acids is 1. The molecule has 1 amide bonds. The van der Waals surface area contributed by atoms with Crippen LogP contribution in [0.3, 0.4) is 0 Å². The first-order valence-corrected chi connectivity index (χ1v) is 10.5. The Balaban J connectivity index is 2.20. The average molecular weight is 436 g/mol. The van der Waals surface area contributed by atoms with Crippen molar-refractivity contribution in [2.45, 2.75) is 19.5 Å². The van der Waals surface area contributed by atoms with Crippen LogP contribution in [0.5, 0.6) is 0 Å². The van der Waals surface area contributed by atoms with Gasteiger partial charge < -0.3 is 5.32 Å². The number of benzene rings is 2. The SMILES string of the molecule is C[C@H](C(=O)NCc1ccc(Cl)cc1)N(c1ccc(Cl)c(Cl)c1)S(C)(=O)=O. The lowest BCUT2D eigenvalue weighted by atomic mass is 10.2. The number of nitrogens with one attached hydrogen (secondary N) is 1. The Labute approximate surface area is 167 Å². The second-order valence-electron chi connectivity index (χ2n) is 5.68. The number of amides is 1. The molecule has 0 heterocycles. The zero-order chi connectivity index (χ0) is 19.5. The molecule has 9 heteroatoms. The summed E-state index contributed by atoms with van der Waals surface area (Å²) in [6, 6.07) is 10.4. The molecule has 2 rings (SSSR count). The molecule has 2 aromatic carbocycles. The molecule has 0 saturated carbocycles. The summed E-state index contributed by atoms with van der Waals surface area (Å²) in [7, 11) is -3.73. The summed E-state index contributed by atoms with van der Waals surface area (Å²) in [6.45, 7) is 1.75. The molecule has 0 aliphatic heterocycles. The van der Waals surface area contributed by atoms with E-state index >= 15 is 0 Å². The molecule has 0 fully saturated rings. The molecule has 1 N–H and O–H groups in total. The van der Waals surface area contributed by atoms with Crippen LogP contribution < -0.4 is 9.62 Å². The zero-order valence-electron chi connectivity index (χ0n) is 14.0. The van der Waals surface area contributed by atoms with Gasteiger partial charge in [0.15, 0.2) is 0 Å². The highest BCUT2D eigenvalue weighted by atomic mass is 35.5. The van der Waals surface area contributed by atoms with Gasteiger partial charge in [-0.2, -0.15) is 0 Å². The van der Waals surface area contributed by atoms with Crippen LogP contribution in [0.25, 0.3) is 0 Å². The van der Waals surface area contributed by atoms with E-state index in [0.29, 0.717) is 10.0 Å². The standard InChI is InChI=1S/C17H17Cl3N2O3S/c1-11(17(23)21-10-12-3-5-13(18)6-4-12)22(26(2,24)25)14-7-8-15(19)16(20)9-14/h3-9,11H,10H2,1-2H3,(H,21,23)/t11-/m1/s1. The van der Waals surface area contributed by atoms with Gasteiger partial charge in [-0.05, 0) is 42.8 Å². The molecule has 0 aliphatic carbocycles. The van der Waals surface area contributed by atoms with Gasteiger partial charge in [-0.3, -0.25) is 9.10 Å². The Morgan fingerprint density at radius 1 is 1.08 bits per heavy atom. The van der Waals surface area contributed by atoms with Crippen LogP contribution in [0.2, 0.25) is 15.1 Å². The number of nitrogens with zero attached hydrogens (tertiary/aromatic N) is 1. The van der Waals surface area contributed by atoms with Crippen LogP contribution in [-0.2, 0) is 21.4 Å². The number of rotatable bonds is 6. The Hall–Kier alpha value is -1.47. The Morgan fingerprint density at radius 2 is 1.69 bits per heavy atom. The van der Waals surface area contributed by atoms with Crippen molar-refractivity contribution < 1.29 is 13.2 Å². The van der Waals surface area contributed by atoms with Crippen molar-refractivity contribution in [1.29, 1.82) is 0 Å². The predicted octanol–water partition coefficient (Wildman–Crippen LogP) is 4.12. The summed E-state index contributed by atoms with van der Waals surface area (Å²) in [5.41, 5.74) is 1.10. The smallest absolute Gasteiger partial charge is 0.243 e. The fraction of sp³-hybridized carbons (Fsp3) is 0.235. The molecule has 0 unspecified atom stereocenters. The quantitative estimate of drug-likeness (QED) is 0.742. The number of hydrogen-bond acceptors (Lipinski definition) is 3. The van der Waals surface area contributed by atoms with Crippen molar-refractivity contribution in [2.24, 2.45) is 0 Å². The third kappa shape index (κ3) is 5.27. The molecule has 2 aromatic rings. The normalized spacial score (nSPS) is 12.5. The summed E-state index contributed by atoms with van der Waals surface area (Å²) < 4.78 is 25.5. The molecule has 26 heavy (non-hydrogen) atoms. The molecular weight excluding hydrogens is 419 g/mol.